The second-order valence-corrected chi connectivity index (χ2v) is 16.6. The van der Waals surface area contributed by atoms with Gasteiger partial charge in [0.25, 0.3) is 0 Å². The predicted molar refractivity (Wildman–Crippen MR) is 214 cm³/mol. The van der Waals surface area contributed by atoms with E-state index < -0.39 is 44.4 Å². The zero-order valence-corrected chi connectivity index (χ0v) is 34.8. The molecule has 0 saturated carbocycles. The lowest BCUT2D eigenvalue weighted by atomic mass is 9.92. The molecule has 3 aromatic rings. The van der Waals surface area contributed by atoms with Gasteiger partial charge < -0.3 is 29.3 Å². The van der Waals surface area contributed by atoms with Crippen LogP contribution in [0.2, 0.25) is 5.02 Å². The first-order valence-corrected chi connectivity index (χ1v) is 22.3. The average molecular weight is 821 g/mol. The Balaban J connectivity index is 1.17. The van der Waals surface area contributed by atoms with Gasteiger partial charge in [0.05, 0.1) is 43.3 Å². The minimum atomic E-state index is -4.73. The molecule has 0 bridgehead atoms. The second kappa shape index (κ2) is 24.5. The zero-order valence-electron chi connectivity index (χ0n) is 33.1. The molecule has 4 rings (SSSR count). The molecule has 1 aromatic carbocycles. The maximum absolute atomic E-state index is 13.0. The van der Waals surface area contributed by atoms with E-state index in [0.29, 0.717) is 22.8 Å². The van der Waals surface area contributed by atoms with E-state index in [9.17, 15) is 24.9 Å². The standard InChI is InChI=1S/C41H62ClN4O9P/c1-3-4-5-6-7-8-9-10-11-12-13-14-15-16-17-20-25-51-27-34(52-26-33-21-18-19-22-35(33)42)28-53-56(49,50)54-29-37-39(47)40(48)41(30-43,55-37)38-24-23-36-32(2)44-31-45-46(36)38/h18-19,21-24,31,34,37,39-40,47-48H,3-17,20,25-29H2,1-2H3,(H,49,50)/t34-,37-,39-,40-,41+/m1/s1. The fourth-order valence-electron chi connectivity index (χ4n) is 6.97. The minimum Gasteiger partial charge on any atom is -0.387 e. The Hall–Kier alpha value is -2.47. The van der Waals surface area contributed by atoms with E-state index in [2.05, 4.69) is 17.0 Å². The first-order valence-electron chi connectivity index (χ1n) is 20.4. The summed E-state index contributed by atoms with van der Waals surface area (Å²) < 4.78 is 42.7. The lowest BCUT2D eigenvalue weighted by Gasteiger charge is -2.24. The summed E-state index contributed by atoms with van der Waals surface area (Å²) >= 11 is 6.32. The average Bonchev–Trinajstić information content (AvgIpc) is 3.74. The summed E-state index contributed by atoms with van der Waals surface area (Å²) in [4.78, 5) is 14.7. The van der Waals surface area contributed by atoms with Crippen molar-refractivity contribution in [3.63, 3.8) is 0 Å². The first-order chi connectivity index (χ1) is 27.1. The molecular formula is C41H62ClN4O9P. The number of fused-ring (bicyclic) bond motifs is 1. The molecular weight excluding hydrogens is 759 g/mol. The molecule has 312 valence electrons. The van der Waals surface area contributed by atoms with Gasteiger partial charge in [-0.3, -0.25) is 9.05 Å². The van der Waals surface area contributed by atoms with Gasteiger partial charge in [0.1, 0.15) is 36.8 Å². The number of nitrogens with zero attached hydrogens (tertiary/aromatic N) is 4. The Labute approximate surface area is 337 Å². The van der Waals surface area contributed by atoms with Crippen LogP contribution in [0.15, 0.2) is 42.7 Å². The molecule has 0 amide bonds. The molecule has 15 heteroatoms. The molecule has 1 aliphatic rings. The minimum absolute atomic E-state index is 0.110. The third-order valence-corrected chi connectivity index (χ3v) is 11.7. The van der Waals surface area contributed by atoms with Crippen LogP contribution in [-0.2, 0) is 40.0 Å². The van der Waals surface area contributed by atoms with E-state index in [0.717, 1.165) is 24.8 Å². The molecule has 1 unspecified atom stereocenters. The number of aryl methyl sites for hydroxylation is 1. The van der Waals surface area contributed by atoms with Gasteiger partial charge in [0.2, 0.25) is 5.60 Å². The fraction of sp³-hybridized carbons (Fsp3) is 0.683. The molecule has 1 fully saturated rings. The van der Waals surface area contributed by atoms with Crippen molar-refractivity contribution in [1.29, 1.82) is 5.26 Å². The van der Waals surface area contributed by atoms with Gasteiger partial charge in [-0.2, -0.15) is 10.4 Å². The van der Waals surface area contributed by atoms with Gasteiger partial charge >= 0.3 is 7.82 Å². The van der Waals surface area contributed by atoms with Gasteiger partial charge in [-0.25, -0.2) is 14.1 Å². The molecule has 6 atom stereocenters. The number of ether oxygens (including phenoxy) is 3. The van der Waals surface area contributed by atoms with E-state index in [-0.39, 0.29) is 25.5 Å². The molecule has 3 heterocycles. The van der Waals surface area contributed by atoms with Crippen molar-refractivity contribution in [1.82, 2.24) is 14.6 Å². The summed E-state index contributed by atoms with van der Waals surface area (Å²) in [7, 11) is -4.73. The quantitative estimate of drug-likeness (QED) is 0.0450. The lowest BCUT2D eigenvalue weighted by Crippen LogP contribution is -2.41. The van der Waals surface area contributed by atoms with Crippen molar-refractivity contribution in [2.75, 3.05) is 26.4 Å². The zero-order chi connectivity index (χ0) is 40.2. The number of hydrogen-bond acceptors (Lipinski definition) is 11. The Kier molecular flexibility index (Phi) is 20.2. The Bertz CT molecular complexity index is 1680. The van der Waals surface area contributed by atoms with Gasteiger partial charge in [-0.1, -0.05) is 133 Å². The number of phosphoric ester groups is 1. The number of aliphatic hydroxyl groups excluding tert-OH is 2. The van der Waals surface area contributed by atoms with Crippen molar-refractivity contribution in [3.8, 4) is 6.07 Å². The molecule has 1 saturated heterocycles. The van der Waals surface area contributed by atoms with Crippen LogP contribution in [0, 0.1) is 18.3 Å². The lowest BCUT2D eigenvalue weighted by molar-refractivity contribution is -0.0690. The fourth-order valence-corrected chi connectivity index (χ4v) is 7.93. The molecule has 3 N–H and O–H groups in total. The molecule has 1 aliphatic heterocycles. The maximum atomic E-state index is 13.0. The van der Waals surface area contributed by atoms with Crippen molar-refractivity contribution in [2.24, 2.45) is 0 Å². The number of aliphatic hydroxyl groups is 2. The number of rotatable bonds is 29. The highest BCUT2D eigenvalue weighted by molar-refractivity contribution is 7.47. The summed E-state index contributed by atoms with van der Waals surface area (Å²) in [6.45, 7) is 3.77. The van der Waals surface area contributed by atoms with E-state index in [4.69, 9.17) is 34.9 Å². The SMILES string of the molecule is CCCCCCCCCCCCCCCCCCOC[C@H](COP(=O)(O)OC[C@H]1O[C@@](C#N)(c2ccc3c(C)ncnn23)[C@H](O)[C@@H]1O)OCc1ccccc1Cl. The van der Waals surface area contributed by atoms with Crippen LogP contribution >= 0.6 is 19.4 Å². The van der Waals surface area contributed by atoms with Gasteiger partial charge in [0, 0.05) is 11.6 Å². The van der Waals surface area contributed by atoms with E-state index in [1.807, 2.05) is 24.3 Å². The van der Waals surface area contributed by atoms with Crippen molar-refractivity contribution >= 4 is 24.9 Å². The normalized spacial score (nSPS) is 21.3. The topological polar surface area (TPSA) is 178 Å². The van der Waals surface area contributed by atoms with Gasteiger partial charge in [0.15, 0.2) is 0 Å². The van der Waals surface area contributed by atoms with Crippen molar-refractivity contribution in [2.45, 2.75) is 153 Å². The van der Waals surface area contributed by atoms with Crippen LogP contribution in [-0.4, -0.2) is 80.5 Å². The van der Waals surface area contributed by atoms with Crippen LogP contribution in [0.1, 0.15) is 127 Å². The number of hydrogen-bond donors (Lipinski definition) is 3. The van der Waals surface area contributed by atoms with Crippen molar-refractivity contribution in [3.05, 3.63) is 64.7 Å². The monoisotopic (exact) mass is 820 g/mol. The molecule has 0 radical (unpaired) electrons. The molecule has 0 aliphatic carbocycles. The largest absolute Gasteiger partial charge is 0.472 e. The summed E-state index contributed by atoms with van der Waals surface area (Å²) in [5.41, 5.74) is 0.0735. The predicted octanol–water partition coefficient (Wildman–Crippen LogP) is 8.53. The summed E-state index contributed by atoms with van der Waals surface area (Å²) in [5, 5.41) is 36.7. The first kappa shape index (κ1) is 46.2. The summed E-state index contributed by atoms with van der Waals surface area (Å²) in [5.74, 6) is 0. The highest BCUT2D eigenvalue weighted by Crippen LogP contribution is 2.46. The molecule has 56 heavy (non-hydrogen) atoms. The van der Waals surface area contributed by atoms with Crippen LogP contribution in [0.25, 0.3) is 5.52 Å². The molecule has 2 aromatic heterocycles. The smallest absolute Gasteiger partial charge is 0.387 e. The third kappa shape index (κ3) is 14.1. The maximum Gasteiger partial charge on any atom is 0.472 e. The number of aromatic nitrogens is 3. The highest BCUT2D eigenvalue weighted by atomic mass is 35.5. The van der Waals surface area contributed by atoms with Crippen molar-refractivity contribution < 1.29 is 42.9 Å². The number of halogens is 1. The summed E-state index contributed by atoms with van der Waals surface area (Å²) in [6, 6.07) is 12.4. The van der Waals surface area contributed by atoms with E-state index in [1.165, 1.54) is 94.3 Å². The number of phosphoric acid groups is 1. The molecule has 0 spiro atoms. The van der Waals surface area contributed by atoms with Gasteiger partial charge in [-0.15, -0.1) is 0 Å². The number of benzene rings is 1. The van der Waals surface area contributed by atoms with Crippen LogP contribution in [0.4, 0.5) is 0 Å². The highest BCUT2D eigenvalue weighted by Gasteiger charge is 2.58. The number of nitriles is 1. The van der Waals surface area contributed by atoms with E-state index in [1.54, 1.807) is 25.1 Å². The van der Waals surface area contributed by atoms with Crippen LogP contribution in [0.5, 0.6) is 0 Å². The van der Waals surface area contributed by atoms with Crippen LogP contribution < -0.4 is 0 Å². The van der Waals surface area contributed by atoms with Gasteiger partial charge in [-0.05, 0) is 37.1 Å². The molecule has 13 nitrogen and oxygen atoms in total. The summed E-state index contributed by atoms with van der Waals surface area (Å²) in [6.07, 6.45) is 16.4. The Morgan fingerprint density at radius 3 is 2.18 bits per heavy atom. The van der Waals surface area contributed by atoms with Crippen LogP contribution in [0.3, 0.4) is 0 Å². The van der Waals surface area contributed by atoms with E-state index >= 15 is 0 Å². The Morgan fingerprint density at radius 1 is 0.929 bits per heavy atom. The number of unbranched alkanes of at least 4 members (excludes halogenated alkanes) is 15. The second-order valence-electron chi connectivity index (χ2n) is 14.8. The third-order valence-electron chi connectivity index (χ3n) is 10.4. The Morgan fingerprint density at radius 2 is 1.55 bits per heavy atom.